The highest BCUT2D eigenvalue weighted by Gasteiger charge is 2.24. The molecule has 29 heavy (non-hydrogen) atoms. The van der Waals surface area contributed by atoms with E-state index in [1.54, 1.807) is 11.8 Å². The highest BCUT2D eigenvalue weighted by molar-refractivity contribution is 8.38. The highest BCUT2D eigenvalue weighted by atomic mass is 32.2. The van der Waals surface area contributed by atoms with E-state index >= 15 is 0 Å². The van der Waals surface area contributed by atoms with Crippen molar-refractivity contribution >= 4 is 39.5 Å². The normalized spacial score (nSPS) is 13.0. The predicted octanol–water partition coefficient (Wildman–Crippen LogP) is 5.90. The van der Waals surface area contributed by atoms with Crippen molar-refractivity contribution in [1.82, 2.24) is 4.90 Å². The van der Waals surface area contributed by atoms with Crippen molar-refractivity contribution in [3.63, 3.8) is 0 Å². The number of thioether (sulfide) groups is 2. The molecule has 4 rings (SSSR count). The molecule has 3 aromatic rings. The SMILES string of the molecule is CN(C(=O)CSC1=Nc2ccccc2CS1)C(c1ccccc1)c1ccccc1. The second-order valence-corrected chi connectivity index (χ2v) is 9.00. The quantitative estimate of drug-likeness (QED) is 0.517. The van der Waals surface area contributed by atoms with Crippen LogP contribution in [0.1, 0.15) is 22.7 Å². The largest absolute Gasteiger partial charge is 0.334 e. The molecule has 0 aliphatic carbocycles. The van der Waals surface area contributed by atoms with Gasteiger partial charge >= 0.3 is 0 Å². The number of amides is 1. The Morgan fingerprint density at radius 2 is 1.55 bits per heavy atom. The van der Waals surface area contributed by atoms with Gasteiger partial charge in [0.25, 0.3) is 0 Å². The van der Waals surface area contributed by atoms with Gasteiger partial charge in [0, 0.05) is 12.8 Å². The van der Waals surface area contributed by atoms with Crippen LogP contribution in [0, 0.1) is 0 Å². The molecule has 3 nitrogen and oxygen atoms in total. The topological polar surface area (TPSA) is 32.7 Å². The molecule has 0 bridgehead atoms. The molecule has 3 aromatic carbocycles. The maximum atomic E-state index is 13.1. The lowest BCUT2D eigenvalue weighted by Gasteiger charge is -2.29. The molecule has 0 unspecified atom stereocenters. The third kappa shape index (κ3) is 4.74. The lowest BCUT2D eigenvalue weighted by atomic mass is 9.97. The van der Waals surface area contributed by atoms with Crippen molar-refractivity contribution in [2.24, 2.45) is 4.99 Å². The summed E-state index contributed by atoms with van der Waals surface area (Å²) in [5.41, 5.74) is 4.48. The number of rotatable bonds is 5. The third-order valence-corrected chi connectivity index (χ3v) is 7.12. The van der Waals surface area contributed by atoms with Gasteiger partial charge in [0.2, 0.25) is 5.91 Å². The van der Waals surface area contributed by atoms with Crippen LogP contribution in [0.5, 0.6) is 0 Å². The van der Waals surface area contributed by atoms with E-state index in [-0.39, 0.29) is 11.9 Å². The Labute approximate surface area is 180 Å². The van der Waals surface area contributed by atoms with E-state index in [9.17, 15) is 4.79 Å². The fourth-order valence-corrected chi connectivity index (χ4v) is 5.35. The van der Waals surface area contributed by atoms with Crippen LogP contribution in [0.2, 0.25) is 0 Å². The summed E-state index contributed by atoms with van der Waals surface area (Å²) in [4.78, 5) is 19.6. The van der Waals surface area contributed by atoms with Crippen molar-refractivity contribution < 1.29 is 4.79 Å². The first-order valence-electron chi connectivity index (χ1n) is 9.50. The third-order valence-electron chi connectivity index (χ3n) is 4.88. The van der Waals surface area contributed by atoms with Crippen molar-refractivity contribution in [3.8, 4) is 0 Å². The van der Waals surface area contributed by atoms with Gasteiger partial charge in [-0.25, -0.2) is 4.99 Å². The molecular formula is C24H22N2OS2. The van der Waals surface area contributed by atoms with Gasteiger partial charge in [-0.1, -0.05) is 102 Å². The van der Waals surface area contributed by atoms with Crippen LogP contribution in [-0.4, -0.2) is 28.0 Å². The number of benzene rings is 3. The Bertz CT molecular complexity index is 966. The number of carbonyl (C=O) groups excluding carboxylic acids is 1. The average Bonchev–Trinajstić information content (AvgIpc) is 2.79. The van der Waals surface area contributed by atoms with E-state index in [1.807, 2.05) is 66.5 Å². The Kier molecular flexibility index (Phi) is 6.37. The summed E-state index contributed by atoms with van der Waals surface area (Å²) < 4.78 is 0.960. The van der Waals surface area contributed by atoms with E-state index in [0.717, 1.165) is 26.9 Å². The molecule has 0 radical (unpaired) electrons. The van der Waals surface area contributed by atoms with E-state index in [4.69, 9.17) is 4.99 Å². The van der Waals surface area contributed by atoms with Gasteiger partial charge < -0.3 is 4.90 Å². The van der Waals surface area contributed by atoms with E-state index in [2.05, 4.69) is 30.3 Å². The number of hydrogen-bond donors (Lipinski definition) is 0. The molecule has 1 amide bonds. The molecule has 0 aromatic heterocycles. The standard InChI is InChI=1S/C24H22N2OS2/c1-26(23(18-10-4-2-5-11-18)19-12-6-3-7-13-19)22(27)17-29-24-25-21-15-9-8-14-20(21)16-28-24/h2-15,23H,16-17H2,1H3. The number of para-hydroxylation sites is 1. The Morgan fingerprint density at radius 1 is 0.966 bits per heavy atom. The van der Waals surface area contributed by atoms with Crippen LogP contribution >= 0.6 is 23.5 Å². The minimum Gasteiger partial charge on any atom is -0.334 e. The molecule has 1 aliphatic heterocycles. The number of nitrogens with zero attached hydrogens (tertiary/aromatic N) is 2. The van der Waals surface area contributed by atoms with E-state index in [0.29, 0.717) is 5.75 Å². The lowest BCUT2D eigenvalue weighted by molar-refractivity contribution is -0.128. The molecule has 0 saturated heterocycles. The number of hydrogen-bond acceptors (Lipinski definition) is 4. The van der Waals surface area contributed by atoms with E-state index in [1.165, 1.54) is 17.3 Å². The van der Waals surface area contributed by atoms with Crippen LogP contribution in [-0.2, 0) is 10.5 Å². The minimum atomic E-state index is -0.104. The summed E-state index contributed by atoms with van der Waals surface area (Å²) in [5.74, 6) is 1.37. The van der Waals surface area contributed by atoms with Gasteiger partial charge in [-0.2, -0.15) is 0 Å². The smallest absolute Gasteiger partial charge is 0.233 e. The zero-order valence-corrected chi connectivity index (χ0v) is 17.8. The number of carbonyl (C=O) groups is 1. The number of aliphatic imine (C=N–C) groups is 1. The maximum absolute atomic E-state index is 13.1. The summed E-state index contributed by atoms with van der Waals surface area (Å²) in [7, 11) is 1.89. The maximum Gasteiger partial charge on any atom is 0.233 e. The summed E-state index contributed by atoms with van der Waals surface area (Å²) in [6.07, 6.45) is 0. The summed E-state index contributed by atoms with van der Waals surface area (Å²) in [5, 5.41) is 0. The second-order valence-electron chi connectivity index (χ2n) is 6.81. The second kappa shape index (κ2) is 9.33. The van der Waals surface area contributed by atoms with Crippen LogP contribution in [0.25, 0.3) is 0 Å². The monoisotopic (exact) mass is 418 g/mol. The van der Waals surface area contributed by atoms with Crippen LogP contribution < -0.4 is 0 Å². The molecule has 1 heterocycles. The van der Waals surface area contributed by atoms with Gasteiger partial charge in [-0.15, -0.1) is 0 Å². The fourth-order valence-electron chi connectivity index (χ4n) is 3.37. The molecule has 0 spiro atoms. The fraction of sp³-hybridized carbons (Fsp3) is 0.167. The molecule has 146 valence electrons. The molecule has 5 heteroatoms. The Balaban J connectivity index is 1.49. The van der Waals surface area contributed by atoms with Crippen LogP contribution in [0.3, 0.4) is 0 Å². The van der Waals surface area contributed by atoms with E-state index < -0.39 is 0 Å². The van der Waals surface area contributed by atoms with Gasteiger partial charge in [0.15, 0.2) is 0 Å². The summed E-state index contributed by atoms with van der Waals surface area (Å²) >= 11 is 3.23. The Hall–Kier alpha value is -2.50. The highest BCUT2D eigenvalue weighted by Crippen LogP contribution is 2.35. The van der Waals surface area contributed by atoms with Crippen molar-refractivity contribution in [3.05, 3.63) is 102 Å². The molecule has 0 atom stereocenters. The van der Waals surface area contributed by atoms with Gasteiger partial charge in [0.05, 0.1) is 17.5 Å². The molecule has 0 saturated carbocycles. The summed E-state index contributed by atoms with van der Waals surface area (Å²) in [6.45, 7) is 0. The molecule has 1 aliphatic rings. The zero-order chi connectivity index (χ0) is 20.1. The van der Waals surface area contributed by atoms with Gasteiger partial charge in [-0.3, -0.25) is 4.79 Å². The molecular weight excluding hydrogens is 396 g/mol. The van der Waals surface area contributed by atoms with Crippen molar-refractivity contribution in [2.45, 2.75) is 11.8 Å². The first-order valence-corrected chi connectivity index (χ1v) is 11.5. The van der Waals surface area contributed by atoms with Crippen LogP contribution in [0.15, 0.2) is 89.9 Å². The minimum absolute atomic E-state index is 0.0925. The van der Waals surface area contributed by atoms with Crippen molar-refractivity contribution in [2.75, 3.05) is 12.8 Å². The van der Waals surface area contributed by atoms with Crippen molar-refractivity contribution in [1.29, 1.82) is 0 Å². The molecule has 0 N–H and O–H groups in total. The number of fused-ring (bicyclic) bond motifs is 1. The Morgan fingerprint density at radius 3 is 2.21 bits per heavy atom. The van der Waals surface area contributed by atoms with Gasteiger partial charge in [-0.05, 0) is 22.8 Å². The summed E-state index contributed by atoms with van der Waals surface area (Å²) in [6, 6.07) is 28.5. The lowest BCUT2D eigenvalue weighted by Crippen LogP contribution is -2.33. The first-order chi connectivity index (χ1) is 14.2. The first kappa shape index (κ1) is 19.8. The predicted molar refractivity (Wildman–Crippen MR) is 125 cm³/mol. The zero-order valence-electron chi connectivity index (χ0n) is 16.2. The average molecular weight is 419 g/mol. The van der Waals surface area contributed by atoms with Gasteiger partial charge in [0.1, 0.15) is 4.38 Å². The molecule has 0 fully saturated rings. The van der Waals surface area contributed by atoms with Crippen LogP contribution in [0.4, 0.5) is 5.69 Å².